The second-order valence-electron chi connectivity index (χ2n) is 4.07. The number of rotatable bonds is 2. The van der Waals surface area contributed by atoms with Crippen molar-refractivity contribution in [3.8, 4) is 0 Å². The fourth-order valence-corrected chi connectivity index (χ4v) is 1.73. The van der Waals surface area contributed by atoms with E-state index in [1.807, 2.05) is 0 Å². The van der Waals surface area contributed by atoms with E-state index < -0.39 is 4.90 Å². The molecule has 0 saturated heterocycles. The van der Waals surface area contributed by atoms with Gasteiger partial charge in [0.1, 0.15) is 5.76 Å². The van der Waals surface area contributed by atoms with Gasteiger partial charge in [0.15, 0.2) is 0 Å². The van der Waals surface area contributed by atoms with Gasteiger partial charge in [0, 0.05) is 22.7 Å². The quantitative estimate of drug-likeness (QED) is 0.512. The zero-order chi connectivity index (χ0) is 14.5. The van der Waals surface area contributed by atoms with Gasteiger partial charge in [-0.05, 0) is 48.1 Å². The maximum absolute atomic E-state index is 10.5. The van der Waals surface area contributed by atoms with Crippen LogP contribution in [0.3, 0.4) is 0 Å². The Kier molecular flexibility index (Phi) is 4.27. The van der Waals surface area contributed by atoms with Gasteiger partial charge in [0.25, 0.3) is 0 Å². The molecule has 1 aromatic rings. The molecule has 0 unspecified atom stereocenters. The number of nitrogens with zero attached hydrogens (tertiary/aromatic N) is 1. The van der Waals surface area contributed by atoms with Gasteiger partial charge in [-0.15, -0.1) is 0 Å². The van der Waals surface area contributed by atoms with Crippen LogP contribution in [0.2, 0.25) is 5.02 Å². The summed E-state index contributed by atoms with van der Waals surface area (Å²) in [5.74, 6) is 0.0972. The molecular formula is C15H11ClNO3-. The number of aliphatic hydroxyl groups excluding tert-OH is 1. The molecule has 1 N–H and O–H groups in total. The van der Waals surface area contributed by atoms with Crippen LogP contribution in [-0.4, -0.2) is 15.7 Å². The Balaban J connectivity index is 2.15. The van der Waals surface area contributed by atoms with Crippen molar-refractivity contribution in [2.24, 2.45) is 0 Å². The Morgan fingerprint density at radius 3 is 2.20 bits per heavy atom. The summed E-state index contributed by atoms with van der Waals surface area (Å²) in [6.07, 6.45) is 9.27. The number of hydrogen-bond acceptors (Lipinski definition) is 3. The average molecular weight is 289 g/mol. The third-order valence-electron chi connectivity index (χ3n) is 2.68. The summed E-state index contributed by atoms with van der Waals surface area (Å²) in [5.41, 5.74) is 1.44. The molecule has 0 spiro atoms. The molecule has 1 aromatic carbocycles. The van der Waals surface area contributed by atoms with E-state index in [1.165, 1.54) is 18.2 Å². The van der Waals surface area contributed by atoms with Crippen LogP contribution in [0, 0.1) is 10.4 Å². The first-order chi connectivity index (χ1) is 9.56. The van der Waals surface area contributed by atoms with Crippen LogP contribution in [0.25, 0.3) is 5.76 Å². The SMILES string of the molecule is [O-][N+]([O-])=C1C=CC(=CC=C(O)c2ccc(Cl)cc2)C=C1. The molecule has 0 radical (unpaired) electrons. The third-order valence-corrected chi connectivity index (χ3v) is 2.93. The fourth-order valence-electron chi connectivity index (χ4n) is 1.60. The second-order valence-corrected chi connectivity index (χ2v) is 4.51. The van der Waals surface area contributed by atoms with Crippen LogP contribution in [-0.2, 0) is 0 Å². The molecular weight excluding hydrogens is 278 g/mol. The smallest absolute Gasteiger partial charge is 0.222 e. The summed E-state index contributed by atoms with van der Waals surface area (Å²) in [6.45, 7) is 0. The monoisotopic (exact) mass is 288 g/mol. The lowest BCUT2D eigenvalue weighted by molar-refractivity contribution is -0.377. The Hall–Kier alpha value is -2.46. The highest BCUT2D eigenvalue weighted by atomic mass is 35.5. The molecule has 1 aliphatic rings. The molecule has 5 heteroatoms. The highest BCUT2D eigenvalue weighted by molar-refractivity contribution is 6.30. The maximum Gasteiger partial charge on any atom is 0.222 e. The predicted octanol–water partition coefficient (Wildman–Crippen LogP) is 3.74. The topological polar surface area (TPSA) is 69.4 Å². The molecule has 0 saturated carbocycles. The predicted molar refractivity (Wildman–Crippen MR) is 80.4 cm³/mol. The number of halogens is 1. The number of hydrogen-bond donors (Lipinski definition) is 1. The van der Waals surface area contributed by atoms with Crippen LogP contribution >= 0.6 is 11.6 Å². The van der Waals surface area contributed by atoms with E-state index in [-0.39, 0.29) is 11.5 Å². The minimum absolute atomic E-state index is 0.0352. The first-order valence-corrected chi connectivity index (χ1v) is 6.18. The summed E-state index contributed by atoms with van der Waals surface area (Å²) in [7, 11) is 0. The average Bonchev–Trinajstić information content (AvgIpc) is 2.46. The number of aliphatic hydroxyl groups is 1. The lowest BCUT2D eigenvalue weighted by Gasteiger charge is -2.07. The van der Waals surface area contributed by atoms with Crippen LogP contribution < -0.4 is 0 Å². The van der Waals surface area contributed by atoms with Crippen molar-refractivity contribution in [2.45, 2.75) is 0 Å². The largest absolute Gasteiger partial charge is 0.612 e. The van der Waals surface area contributed by atoms with Crippen molar-refractivity contribution in [1.82, 2.24) is 0 Å². The zero-order valence-electron chi connectivity index (χ0n) is 10.4. The van der Waals surface area contributed by atoms with Crippen molar-refractivity contribution in [2.75, 3.05) is 0 Å². The van der Waals surface area contributed by atoms with Crippen LogP contribution in [0.4, 0.5) is 0 Å². The molecule has 0 atom stereocenters. The first kappa shape index (κ1) is 14.0. The standard InChI is InChI=1S/C15H11ClNO3/c16-13-6-4-12(5-7-13)15(18)10-3-11-1-8-14(9-2-11)17(19)20/h1-10H,(H-,18,19,20)/q-1. The Bertz CT molecular complexity index is 630. The van der Waals surface area contributed by atoms with Gasteiger partial charge in [-0.2, -0.15) is 4.90 Å². The van der Waals surface area contributed by atoms with E-state index >= 15 is 0 Å². The molecule has 20 heavy (non-hydrogen) atoms. The number of benzene rings is 1. The van der Waals surface area contributed by atoms with E-state index in [2.05, 4.69) is 0 Å². The number of allylic oxidation sites excluding steroid dienone is 7. The second kappa shape index (κ2) is 6.12. The summed E-state index contributed by atoms with van der Waals surface area (Å²) < 4.78 is 0. The van der Waals surface area contributed by atoms with Crippen molar-refractivity contribution >= 4 is 23.1 Å². The van der Waals surface area contributed by atoms with Crippen LogP contribution in [0.5, 0.6) is 0 Å². The zero-order valence-corrected chi connectivity index (χ0v) is 11.1. The fraction of sp³-hybridized carbons (Fsp3) is 0. The molecule has 0 heterocycles. The molecule has 1 aliphatic carbocycles. The van der Waals surface area contributed by atoms with E-state index in [0.29, 0.717) is 10.6 Å². The summed E-state index contributed by atoms with van der Waals surface area (Å²) >= 11 is 5.77. The highest BCUT2D eigenvalue weighted by Gasteiger charge is 2.02. The molecule has 0 aromatic heterocycles. The van der Waals surface area contributed by atoms with Gasteiger partial charge < -0.3 is 15.5 Å². The van der Waals surface area contributed by atoms with Crippen LogP contribution in [0.15, 0.2) is 66.3 Å². The molecule has 0 aliphatic heterocycles. The van der Waals surface area contributed by atoms with E-state index in [9.17, 15) is 15.5 Å². The normalized spacial score (nSPS) is 14.6. The van der Waals surface area contributed by atoms with Gasteiger partial charge >= 0.3 is 0 Å². The van der Waals surface area contributed by atoms with Crippen molar-refractivity contribution in [1.29, 1.82) is 0 Å². The van der Waals surface area contributed by atoms with Gasteiger partial charge in [-0.25, -0.2) is 0 Å². The molecule has 0 bridgehead atoms. The molecule has 2 rings (SSSR count). The molecule has 4 nitrogen and oxygen atoms in total. The van der Waals surface area contributed by atoms with Crippen molar-refractivity contribution in [3.63, 3.8) is 0 Å². The Morgan fingerprint density at radius 2 is 1.65 bits per heavy atom. The Labute approximate surface area is 121 Å². The Morgan fingerprint density at radius 1 is 1.05 bits per heavy atom. The minimum Gasteiger partial charge on any atom is -0.612 e. The highest BCUT2D eigenvalue weighted by Crippen LogP contribution is 2.16. The van der Waals surface area contributed by atoms with Gasteiger partial charge in [0.2, 0.25) is 5.71 Å². The minimum atomic E-state index is -0.454. The summed E-state index contributed by atoms with van der Waals surface area (Å²) in [4.78, 5) is -0.454. The maximum atomic E-state index is 10.5. The third kappa shape index (κ3) is 3.52. The molecule has 0 amide bonds. The van der Waals surface area contributed by atoms with E-state index in [0.717, 1.165) is 5.57 Å². The van der Waals surface area contributed by atoms with Crippen molar-refractivity contribution < 1.29 is 10.0 Å². The first-order valence-electron chi connectivity index (χ1n) is 5.80. The molecule has 0 fully saturated rings. The van der Waals surface area contributed by atoms with Crippen molar-refractivity contribution in [3.05, 3.63) is 87.3 Å². The van der Waals surface area contributed by atoms with Gasteiger partial charge in [-0.1, -0.05) is 17.7 Å². The van der Waals surface area contributed by atoms with Crippen LogP contribution in [0.1, 0.15) is 5.56 Å². The summed E-state index contributed by atoms with van der Waals surface area (Å²) in [6, 6.07) is 6.79. The van der Waals surface area contributed by atoms with Gasteiger partial charge in [-0.3, -0.25) is 0 Å². The summed E-state index contributed by atoms with van der Waals surface area (Å²) in [5, 5.41) is 31.5. The molecule has 102 valence electrons. The lowest BCUT2D eigenvalue weighted by Crippen LogP contribution is -2.06. The van der Waals surface area contributed by atoms with E-state index in [4.69, 9.17) is 11.6 Å². The lowest BCUT2D eigenvalue weighted by atomic mass is 10.1. The van der Waals surface area contributed by atoms with Gasteiger partial charge in [0.05, 0.1) is 0 Å². The van der Waals surface area contributed by atoms with E-state index in [1.54, 1.807) is 42.5 Å².